The van der Waals surface area contributed by atoms with Crippen molar-refractivity contribution >= 4 is 6.92 Å². The second kappa shape index (κ2) is 4.15. The Labute approximate surface area is 45.1 Å². The normalized spacial score (nSPS) is 9.00. The summed E-state index contributed by atoms with van der Waals surface area (Å²) in [5, 5.41) is 0. The van der Waals surface area contributed by atoms with Crippen LogP contribution in [0.5, 0.6) is 0 Å². The maximum atomic E-state index is 5.27. The van der Waals surface area contributed by atoms with Gasteiger partial charge in [0.05, 0.1) is 0 Å². The summed E-state index contributed by atoms with van der Waals surface area (Å²) >= 11 is 0. The molecule has 0 aliphatic carbocycles. The molecule has 0 aliphatic rings. The molecule has 3 heteroatoms. The van der Waals surface area contributed by atoms with E-state index >= 15 is 0 Å². The minimum atomic E-state index is 0.264. The first kappa shape index (κ1) is 6.98. The van der Waals surface area contributed by atoms with Gasteiger partial charge in [-0.2, -0.15) is 0 Å². The number of hydrogen-bond acceptors (Lipinski definition) is 2. The minimum Gasteiger partial charge on any atom is -0.437 e. The molecule has 0 amide bonds. The summed E-state index contributed by atoms with van der Waals surface area (Å²) in [6, 6.07) is 0. The first-order valence-electron chi connectivity index (χ1n) is 2.58. The van der Waals surface area contributed by atoms with E-state index in [1.165, 1.54) is 0 Å². The van der Waals surface area contributed by atoms with Gasteiger partial charge in [0.2, 0.25) is 0 Å². The molecule has 0 spiro atoms. The molecular formula is C4H12BNO. The molecule has 0 radical (unpaired) electrons. The van der Waals surface area contributed by atoms with Gasteiger partial charge in [-0.05, 0) is 12.8 Å². The van der Waals surface area contributed by atoms with Gasteiger partial charge >= 0.3 is 6.92 Å². The molecule has 0 bridgehead atoms. The highest BCUT2D eigenvalue weighted by molar-refractivity contribution is 6.51. The van der Waals surface area contributed by atoms with Crippen LogP contribution in [0.4, 0.5) is 0 Å². The lowest BCUT2D eigenvalue weighted by Crippen LogP contribution is -2.26. The number of nitrogens with two attached hydrogens (primary N) is 1. The van der Waals surface area contributed by atoms with E-state index < -0.39 is 0 Å². The third-order valence-corrected chi connectivity index (χ3v) is 1.05. The van der Waals surface area contributed by atoms with E-state index in [4.69, 9.17) is 10.4 Å². The average molecular weight is 101 g/mol. The monoisotopic (exact) mass is 101 g/mol. The van der Waals surface area contributed by atoms with Crippen LogP contribution in [0.1, 0.15) is 6.92 Å². The van der Waals surface area contributed by atoms with E-state index in [0.29, 0.717) is 6.44 Å². The predicted molar refractivity (Wildman–Crippen MR) is 32.3 cm³/mol. The molecule has 0 aliphatic heterocycles. The zero-order chi connectivity index (χ0) is 5.70. The lowest BCUT2D eigenvalue weighted by atomic mass is 9.66. The molecule has 7 heavy (non-hydrogen) atoms. The molecule has 0 rings (SSSR count). The van der Waals surface area contributed by atoms with Crippen molar-refractivity contribution in [1.82, 2.24) is 0 Å². The maximum absolute atomic E-state index is 5.27. The van der Waals surface area contributed by atoms with Crippen LogP contribution in [0.15, 0.2) is 0 Å². The second-order valence-corrected chi connectivity index (χ2v) is 1.50. The van der Waals surface area contributed by atoms with Crippen LogP contribution >= 0.6 is 0 Å². The van der Waals surface area contributed by atoms with Crippen molar-refractivity contribution in [2.24, 2.45) is 5.73 Å². The molecule has 0 fully saturated rings. The number of rotatable bonds is 3. The molecule has 2 nitrogen and oxygen atoms in total. The molecule has 0 saturated carbocycles. The van der Waals surface area contributed by atoms with Crippen molar-refractivity contribution in [3.05, 3.63) is 0 Å². The molecule has 2 N–H and O–H groups in total. The van der Waals surface area contributed by atoms with Gasteiger partial charge in [0.15, 0.2) is 0 Å². The highest BCUT2D eigenvalue weighted by atomic mass is 16.4. The van der Waals surface area contributed by atoms with E-state index in [-0.39, 0.29) is 6.92 Å². The smallest absolute Gasteiger partial charge is 0.306 e. The Morgan fingerprint density at radius 2 is 2.29 bits per heavy atom. The van der Waals surface area contributed by atoms with Crippen LogP contribution in [0.2, 0.25) is 6.32 Å². The fourth-order valence-electron chi connectivity index (χ4n) is 0.430. The summed E-state index contributed by atoms with van der Waals surface area (Å²) in [6.07, 6.45) is 1.64. The third-order valence-electron chi connectivity index (χ3n) is 1.05. The van der Waals surface area contributed by atoms with Crippen LogP contribution in [0.3, 0.4) is 0 Å². The average Bonchev–Trinajstić information content (AvgIpc) is 1.72. The van der Waals surface area contributed by atoms with Gasteiger partial charge < -0.3 is 10.4 Å². The fourth-order valence-corrected chi connectivity index (χ4v) is 0.430. The van der Waals surface area contributed by atoms with Crippen LogP contribution < -0.4 is 5.73 Å². The Kier molecular flexibility index (Phi) is 4.14. The van der Waals surface area contributed by atoms with E-state index in [1.54, 1.807) is 7.11 Å². The van der Waals surface area contributed by atoms with Crippen molar-refractivity contribution in [2.75, 3.05) is 13.6 Å². The Hall–Kier alpha value is -0.0151. The van der Waals surface area contributed by atoms with E-state index in [0.717, 1.165) is 6.32 Å². The fraction of sp³-hybridized carbons (Fsp3) is 1.00. The van der Waals surface area contributed by atoms with Crippen molar-refractivity contribution in [1.29, 1.82) is 0 Å². The van der Waals surface area contributed by atoms with Gasteiger partial charge in [0.25, 0.3) is 0 Å². The summed E-state index contributed by atoms with van der Waals surface area (Å²) in [7, 11) is 1.68. The Bertz CT molecular complexity index is 33.2. The van der Waals surface area contributed by atoms with E-state index in [9.17, 15) is 0 Å². The number of hydrogen-bond donors (Lipinski definition) is 1. The molecule has 0 aromatic heterocycles. The van der Waals surface area contributed by atoms with Crippen molar-refractivity contribution in [3.63, 3.8) is 0 Å². The van der Waals surface area contributed by atoms with Crippen LogP contribution in [0.25, 0.3) is 0 Å². The molecule has 0 aromatic rings. The van der Waals surface area contributed by atoms with Crippen molar-refractivity contribution in [2.45, 2.75) is 13.2 Å². The van der Waals surface area contributed by atoms with Gasteiger partial charge in [-0.1, -0.05) is 6.92 Å². The SMILES string of the molecule is CCB(CN)OC. The standard InChI is InChI=1S/C4H12BNO/c1-3-5(4-6)7-2/h3-4,6H2,1-2H3. The summed E-state index contributed by atoms with van der Waals surface area (Å²) in [4.78, 5) is 0. The van der Waals surface area contributed by atoms with Crippen molar-refractivity contribution in [3.8, 4) is 0 Å². The van der Waals surface area contributed by atoms with Crippen LogP contribution in [-0.2, 0) is 4.65 Å². The summed E-state index contributed by atoms with van der Waals surface area (Å²) < 4.78 is 4.92. The largest absolute Gasteiger partial charge is 0.437 e. The maximum Gasteiger partial charge on any atom is 0.306 e. The summed E-state index contributed by atoms with van der Waals surface area (Å²) in [6.45, 7) is 2.32. The van der Waals surface area contributed by atoms with Crippen LogP contribution in [-0.4, -0.2) is 20.5 Å². The predicted octanol–water partition coefficient (Wildman–Crippen LogP) is 0.142. The topological polar surface area (TPSA) is 35.2 Å². The van der Waals surface area contributed by atoms with Crippen molar-refractivity contribution < 1.29 is 4.65 Å². The molecule has 42 valence electrons. The van der Waals surface area contributed by atoms with Gasteiger partial charge in [-0.3, -0.25) is 0 Å². The summed E-state index contributed by atoms with van der Waals surface area (Å²) in [5.74, 6) is 0. The van der Waals surface area contributed by atoms with E-state index in [1.807, 2.05) is 0 Å². The lowest BCUT2D eigenvalue weighted by Gasteiger charge is -2.01. The van der Waals surface area contributed by atoms with Gasteiger partial charge in [0.1, 0.15) is 0 Å². The highest BCUT2D eigenvalue weighted by Gasteiger charge is 2.05. The Morgan fingerprint density at radius 3 is 2.29 bits per heavy atom. The van der Waals surface area contributed by atoms with Gasteiger partial charge in [-0.25, -0.2) is 0 Å². The molecule has 0 aromatic carbocycles. The molecule has 0 saturated heterocycles. The molecule has 0 unspecified atom stereocenters. The van der Waals surface area contributed by atoms with E-state index in [2.05, 4.69) is 6.92 Å². The Balaban J connectivity index is 2.99. The summed E-state index contributed by atoms with van der Waals surface area (Å²) in [5.41, 5.74) is 5.27. The minimum absolute atomic E-state index is 0.264. The second-order valence-electron chi connectivity index (χ2n) is 1.50. The van der Waals surface area contributed by atoms with Gasteiger partial charge in [-0.15, -0.1) is 0 Å². The Morgan fingerprint density at radius 1 is 1.71 bits per heavy atom. The zero-order valence-corrected chi connectivity index (χ0v) is 4.98. The molecule has 0 atom stereocenters. The molecular weight excluding hydrogens is 88.9 g/mol. The van der Waals surface area contributed by atoms with Gasteiger partial charge in [0, 0.05) is 7.11 Å². The quantitative estimate of drug-likeness (QED) is 0.513. The lowest BCUT2D eigenvalue weighted by molar-refractivity contribution is 0.420. The first-order chi connectivity index (χ1) is 3.35. The third kappa shape index (κ3) is 2.65. The first-order valence-corrected chi connectivity index (χ1v) is 2.58. The van der Waals surface area contributed by atoms with Crippen LogP contribution in [0, 0.1) is 0 Å². The molecule has 0 heterocycles. The highest BCUT2D eigenvalue weighted by Crippen LogP contribution is 1.86. The zero-order valence-electron chi connectivity index (χ0n) is 4.98.